The zero-order valence-electron chi connectivity index (χ0n) is 24.5. The maximum atomic E-state index is 8.90. The van der Waals surface area contributed by atoms with Gasteiger partial charge in [0.15, 0.2) is 0 Å². The summed E-state index contributed by atoms with van der Waals surface area (Å²) in [5.74, 6) is 6.77. The molecule has 2 nitrogen and oxygen atoms in total. The number of aliphatic hydroxyl groups excluding tert-OH is 1. The highest BCUT2D eigenvalue weighted by Gasteiger charge is 2.54. The molecule has 0 amide bonds. The van der Waals surface area contributed by atoms with Gasteiger partial charge in [0.2, 0.25) is 0 Å². The first kappa shape index (κ1) is 28.7. The predicted molar refractivity (Wildman–Crippen MR) is 153 cm³/mol. The Labute approximate surface area is 224 Å². The van der Waals surface area contributed by atoms with Crippen molar-refractivity contribution in [2.45, 2.75) is 143 Å². The van der Waals surface area contributed by atoms with Crippen LogP contribution in [0.2, 0.25) is 0 Å². The molecule has 0 radical (unpaired) electrons. The van der Waals surface area contributed by atoms with Crippen LogP contribution in [0.3, 0.4) is 0 Å². The molecule has 4 rings (SSSR count). The number of aliphatic hydroxyl groups is 1. The van der Waals surface area contributed by atoms with E-state index in [2.05, 4.69) is 33.8 Å². The van der Waals surface area contributed by atoms with E-state index in [4.69, 9.17) is 9.84 Å². The number of ether oxygens (including phenoxy) is 1. The predicted octanol–water partition coefficient (Wildman–Crippen LogP) is 9.36. The van der Waals surface area contributed by atoms with Crippen molar-refractivity contribution in [3.63, 3.8) is 0 Å². The molecule has 36 heavy (non-hydrogen) atoms. The largest absolute Gasteiger partial charge is 0.396 e. The zero-order valence-corrected chi connectivity index (χ0v) is 24.5. The summed E-state index contributed by atoms with van der Waals surface area (Å²) in [4.78, 5) is 0. The Morgan fingerprint density at radius 3 is 2.39 bits per heavy atom. The maximum absolute atomic E-state index is 8.90. The lowest BCUT2D eigenvalue weighted by molar-refractivity contribution is -0.0330. The molecular formula is C34H60O2. The van der Waals surface area contributed by atoms with Crippen LogP contribution in [0.1, 0.15) is 137 Å². The van der Waals surface area contributed by atoms with Gasteiger partial charge in [0.1, 0.15) is 0 Å². The van der Waals surface area contributed by atoms with E-state index >= 15 is 0 Å². The number of hydrogen-bond acceptors (Lipinski definition) is 2. The van der Waals surface area contributed by atoms with Gasteiger partial charge in [-0.05, 0) is 111 Å². The van der Waals surface area contributed by atoms with Crippen LogP contribution in [0.5, 0.6) is 0 Å². The van der Waals surface area contributed by atoms with Crippen molar-refractivity contribution in [3.8, 4) is 0 Å². The van der Waals surface area contributed by atoms with Crippen LogP contribution in [0.4, 0.5) is 0 Å². The van der Waals surface area contributed by atoms with Gasteiger partial charge in [-0.2, -0.15) is 0 Å². The monoisotopic (exact) mass is 500 g/mol. The lowest BCUT2D eigenvalue weighted by atomic mass is 9.50. The number of hydrogen-bond donors (Lipinski definition) is 1. The van der Waals surface area contributed by atoms with Gasteiger partial charge in [0, 0.05) is 13.2 Å². The van der Waals surface area contributed by atoms with Gasteiger partial charge in [0.25, 0.3) is 0 Å². The second-order valence-corrected chi connectivity index (χ2v) is 14.2. The van der Waals surface area contributed by atoms with Gasteiger partial charge < -0.3 is 9.84 Å². The van der Waals surface area contributed by atoms with Gasteiger partial charge in [-0.15, -0.1) is 0 Å². The molecule has 3 saturated carbocycles. The molecule has 0 aliphatic heterocycles. The standard InChI is InChI=1S/C34H60O2/c1-25(2)12-11-13-26(3)29-16-17-31-30(29)18-19-33-32(31)15-14-27-24-28(20-21-34(27,33)4)36-23-10-8-6-5-7-9-22-35/h14,25-26,28-33,35H,5-13,15-24H2,1-4H3/t26-,28+,29-,30-,31?,32+,33?,34+/m1/s1. The second-order valence-electron chi connectivity index (χ2n) is 14.2. The molecule has 4 aliphatic carbocycles. The van der Waals surface area contributed by atoms with Crippen LogP contribution in [0.15, 0.2) is 11.6 Å². The quantitative estimate of drug-likeness (QED) is 0.190. The molecule has 0 aromatic carbocycles. The van der Waals surface area contributed by atoms with Crippen molar-refractivity contribution in [2.75, 3.05) is 13.2 Å². The Hall–Kier alpha value is -0.340. The number of fused-ring (bicyclic) bond motifs is 5. The van der Waals surface area contributed by atoms with E-state index in [9.17, 15) is 0 Å². The summed E-state index contributed by atoms with van der Waals surface area (Å²) in [6, 6.07) is 0. The minimum Gasteiger partial charge on any atom is -0.396 e. The van der Waals surface area contributed by atoms with Crippen molar-refractivity contribution in [1.29, 1.82) is 0 Å². The fraction of sp³-hybridized carbons (Fsp3) is 0.941. The summed E-state index contributed by atoms with van der Waals surface area (Å²) in [5, 5.41) is 8.90. The second kappa shape index (κ2) is 13.6. The van der Waals surface area contributed by atoms with Crippen molar-refractivity contribution in [2.24, 2.45) is 46.8 Å². The molecule has 3 fully saturated rings. The highest BCUT2D eigenvalue weighted by atomic mass is 16.5. The zero-order chi connectivity index (χ0) is 25.5. The lowest BCUT2D eigenvalue weighted by Crippen LogP contribution is -2.48. The Kier molecular flexibility index (Phi) is 10.9. The van der Waals surface area contributed by atoms with Crippen LogP contribution in [0, 0.1) is 46.8 Å². The summed E-state index contributed by atoms with van der Waals surface area (Å²) in [6.07, 6.45) is 26.0. The van der Waals surface area contributed by atoms with E-state index in [1.807, 2.05) is 0 Å². The molecule has 208 valence electrons. The van der Waals surface area contributed by atoms with Gasteiger partial charge in [-0.25, -0.2) is 0 Å². The number of allylic oxidation sites excluding steroid dienone is 1. The molecule has 0 saturated heterocycles. The maximum Gasteiger partial charge on any atom is 0.0612 e. The summed E-state index contributed by atoms with van der Waals surface area (Å²) in [5.41, 5.74) is 2.24. The normalized spacial score (nSPS) is 36.8. The first-order valence-electron chi connectivity index (χ1n) is 16.4. The molecule has 0 spiro atoms. The van der Waals surface area contributed by atoms with Crippen LogP contribution in [0.25, 0.3) is 0 Å². The van der Waals surface area contributed by atoms with Gasteiger partial charge in [0.05, 0.1) is 6.10 Å². The van der Waals surface area contributed by atoms with Crippen molar-refractivity contribution in [3.05, 3.63) is 11.6 Å². The molecular weight excluding hydrogens is 440 g/mol. The van der Waals surface area contributed by atoms with Gasteiger partial charge in [-0.3, -0.25) is 0 Å². The third-order valence-electron chi connectivity index (χ3n) is 11.5. The smallest absolute Gasteiger partial charge is 0.0612 e. The van der Waals surface area contributed by atoms with Gasteiger partial charge >= 0.3 is 0 Å². The van der Waals surface area contributed by atoms with Crippen LogP contribution >= 0.6 is 0 Å². The fourth-order valence-corrected chi connectivity index (χ4v) is 9.41. The van der Waals surface area contributed by atoms with Crippen molar-refractivity contribution in [1.82, 2.24) is 0 Å². The summed E-state index contributed by atoms with van der Waals surface area (Å²) < 4.78 is 6.42. The topological polar surface area (TPSA) is 29.5 Å². The first-order valence-corrected chi connectivity index (χ1v) is 16.4. The molecule has 2 unspecified atom stereocenters. The third-order valence-corrected chi connectivity index (χ3v) is 11.5. The molecule has 8 atom stereocenters. The average Bonchev–Trinajstić information content (AvgIpc) is 3.30. The molecule has 0 heterocycles. The van der Waals surface area contributed by atoms with E-state index in [1.165, 1.54) is 103 Å². The first-order chi connectivity index (χ1) is 17.4. The van der Waals surface area contributed by atoms with Crippen LogP contribution < -0.4 is 0 Å². The van der Waals surface area contributed by atoms with E-state index in [1.54, 1.807) is 5.57 Å². The van der Waals surface area contributed by atoms with Crippen LogP contribution in [-0.4, -0.2) is 24.4 Å². The number of unbranched alkanes of at least 4 members (excludes halogenated alkanes) is 5. The SMILES string of the molecule is CC(C)CCC[C@@H](C)[C@H]1CCC2[C@@H]3CC=C4C[C@@H](OCCCCCCCCO)CC[C@]4(C)C3CC[C@@H]21. The lowest BCUT2D eigenvalue weighted by Gasteiger charge is -2.55. The third kappa shape index (κ3) is 6.80. The molecule has 2 heteroatoms. The minimum absolute atomic E-state index is 0.348. The molecule has 0 bridgehead atoms. The number of rotatable bonds is 14. The summed E-state index contributed by atoms with van der Waals surface area (Å²) >= 11 is 0. The highest BCUT2D eigenvalue weighted by Crippen LogP contribution is 2.63. The highest BCUT2D eigenvalue weighted by molar-refractivity contribution is 5.24. The van der Waals surface area contributed by atoms with E-state index in [-0.39, 0.29) is 0 Å². The summed E-state index contributed by atoms with van der Waals surface area (Å²) in [6.45, 7) is 11.3. The molecule has 0 aromatic rings. The fourth-order valence-electron chi connectivity index (χ4n) is 9.41. The molecule has 1 N–H and O–H groups in total. The van der Waals surface area contributed by atoms with Gasteiger partial charge in [-0.1, -0.05) is 84.3 Å². The van der Waals surface area contributed by atoms with E-state index in [0.717, 1.165) is 54.5 Å². The molecule has 0 aromatic heterocycles. The Bertz CT molecular complexity index is 683. The summed E-state index contributed by atoms with van der Waals surface area (Å²) in [7, 11) is 0. The minimum atomic E-state index is 0.348. The Balaban J connectivity index is 1.25. The molecule has 4 aliphatic rings. The Morgan fingerprint density at radius 2 is 1.61 bits per heavy atom. The Morgan fingerprint density at radius 1 is 0.861 bits per heavy atom. The van der Waals surface area contributed by atoms with Crippen molar-refractivity contribution < 1.29 is 9.84 Å². The van der Waals surface area contributed by atoms with E-state index < -0.39 is 0 Å². The average molecular weight is 501 g/mol. The van der Waals surface area contributed by atoms with Crippen molar-refractivity contribution >= 4 is 0 Å². The van der Waals surface area contributed by atoms with Crippen LogP contribution in [-0.2, 0) is 4.74 Å². The van der Waals surface area contributed by atoms with E-state index in [0.29, 0.717) is 18.1 Å².